The minimum Gasteiger partial charge on any atom is -0.467 e. The van der Waals surface area contributed by atoms with E-state index in [-0.39, 0.29) is 16.7 Å². The Labute approximate surface area is 68.2 Å². The van der Waals surface area contributed by atoms with Gasteiger partial charge in [0, 0.05) is 0 Å². The van der Waals surface area contributed by atoms with Gasteiger partial charge in [0.05, 0.1) is 18.3 Å². The van der Waals surface area contributed by atoms with Crippen LogP contribution in [-0.4, -0.2) is 23.4 Å². The highest BCUT2D eigenvalue weighted by Gasteiger charge is 2.02. The monoisotopic (exact) mass is 172 g/mol. The van der Waals surface area contributed by atoms with Crippen LogP contribution in [0.1, 0.15) is 10.5 Å². The maximum Gasteiger partial charge on any atom is 0.316 e. The summed E-state index contributed by atoms with van der Waals surface area (Å²) in [5, 5.41) is 0.223. The number of hydrogen-bond donors (Lipinski definition) is 0. The Hall–Kier alpha value is -1.16. The van der Waals surface area contributed by atoms with Crippen molar-refractivity contribution in [1.29, 1.82) is 0 Å². The first-order valence-electron chi connectivity index (χ1n) is 2.79. The first kappa shape index (κ1) is 7.94. The van der Waals surface area contributed by atoms with Crippen molar-refractivity contribution in [2.75, 3.05) is 7.11 Å². The van der Waals surface area contributed by atoms with Gasteiger partial charge in [-0.2, -0.15) is 4.98 Å². The molecule has 1 aromatic rings. The van der Waals surface area contributed by atoms with Crippen molar-refractivity contribution < 1.29 is 9.53 Å². The van der Waals surface area contributed by atoms with Crippen molar-refractivity contribution in [3.05, 3.63) is 16.9 Å². The van der Waals surface area contributed by atoms with Crippen LogP contribution in [0.5, 0.6) is 6.01 Å². The highest BCUT2D eigenvalue weighted by Crippen LogP contribution is 2.12. The number of carbonyl (C=O) groups excluding carboxylic acids is 1. The quantitative estimate of drug-likeness (QED) is 0.624. The lowest BCUT2D eigenvalue weighted by molar-refractivity contribution is 0.111. The number of aromatic nitrogens is 2. The number of hydrogen-bond acceptors (Lipinski definition) is 4. The molecule has 0 bridgehead atoms. The number of carbonyl (C=O) groups is 1. The molecule has 0 radical (unpaired) electrons. The zero-order chi connectivity index (χ0) is 8.27. The summed E-state index contributed by atoms with van der Waals surface area (Å²) in [7, 11) is 1.41. The molecule has 0 aliphatic heterocycles. The summed E-state index contributed by atoms with van der Waals surface area (Å²) in [4.78, 5) is 17.6. The summed E-state index contributed by atoms with van der Waals surface area (Å²) >= 11 is 5.54. The number of rotatable bonds is 2. The molecule has 0 unspecified atom stereocenters. The molecule has 0 atom stereocenters. The van der Waals surface area contributed by atoms with Crippen molar-refractivity contribution in [1.82, 2.24) is 9.97 Å². The fourth-order valence-electron chi connectivity index (χ4n) is 0.544. The average molecular weight is 173 g/mol. The fraction of sp³-hybridized carbons (Fsp3) is 0.167. The van der Waals surface area contributed by atoms with E-state index >= 15 is 0 Å². The summed E-state index contributed by atoms with van der Waals surface area (Å²) < 4.78 is 4.67. The minimum atomic E-state index is 0.136. The van der Waals surface area contributed by atoms with E-state index in [0.717, 1.165) is 0 Å². The van der Waals surface area contributed by atoms with Gasteiger partial charge in [-0.25, -0.2) is 4.98 Å². The second kappa shape index (κ2) is 3.30. The Balaban J connectivity index is 3.12. The summed E-state index contributed by atoms with van der Waals surface area (Å²) in [5.41, 5.74) is 0.138. The number of ether oxygens (including phenoxy) is 1. The fourth-order valence-corrected chi connectivity index (χ4v) is 0.680. The van der Waals surface area contributed by atoms with Gasteiger partial charge in [0.15, 0.2) is 6.29 Å². The van der Waals surface area contributed by atoms with Gasteiger partial charge in [-0.1, -0.05) is 11.6 Å². The Bertz CT molecular complexity index is 277. The van der Waals surface area contributed by atoms with Crippen molar-refractivity contribution in [2.45, 2.75) is 0 Å². The van der Waals surface area contributed by atoms with Gasteiger partial charge in [-0.05, 0) is 0 Å². The molecule has 1 rings (SSSR count). The van der Waals surface area contributed by atoms with E-state index in [9.17, 15) is 4.79 Å². The van der Waals surface area contributed by atoms with Crippen LogP contribution in [0, 0.1) is 0 Å². The smallest absolute Gasteiger partial charge is 0.316 e. The SMILES string of the molecule is COc1ncc(Cl)c(C=O)n1. The van der Waals surface area contributed by atoms with Crippen LogP contribution >= 0.6 is 11.6 Å². The molecule has 0 aliphatic carbocycles. The topological polar surface area (TPSA) is 52.1 Å². The molecule has 0 saturated carbocycles. The number of aldehydes is 1. The minimum absolute atomic E-state index is 0.136. The van der Waals surface area contributed by atoms with Crippen molar-refractivity contribution in [3.8, 4) is 6.01 Å². The van der Waals surface area contributed by atoms with Crippen LogP contribution in [0.3, 0.4) is 0 Å². The molecule has 4 nitrogen and oxygen atoms in total. The van der Waals surface area contributed by atoms with E-state index < -0.39 is 0 Å². The van der Waals surface area contributed by atoms with Crippen molar-refractivity contribution in [3.63, 3.8) is 0 Å². The first-order chi connectivity index (χ1) is 5.27. The van der Waals surface area contributed by atoms with Gasteiger partial charge >= 0.3 is 6.01 Å². The largest absolute Gasteiger partial charge is 0.467 e. The molecule has 1 aromatic heterocycles. The predicted octanol–water partition coefficient (Wildman–Crippen LogP) is 0.951. The summed E-state index contributed by atoms with van der Waals surface area (Å²) in [6.45, 7) is 0. The van der Waals surface area contributed by atoms with E-state index in [2.05, 4.69) is 14.7 Å². The van der Waals surface area contributed by atoms with Crippen LogP contribution < -0.4 is 4.74 Å². The molecule has 0 fully saturated rings. The molecule has 0 aliphatic rings. The normalized spacial score (nSPS) is 9.27. The second-order valence-electron chi connectivity index (χ2n) is 1.71. The van der Waals surface area contributed by atoms with Gasteiger partial charge in [-0.15, -0.1) is 0 Å². The molecule has 11 heavy (non-hydrogen) atoms. The Morgan fingerprint density at radius 1 is 1.73 bits per heavy atom. The third kappa shape index (κ3) is 1.65. The van der Waals surface area contributed by atoms with Crippen LogP contribution in [0.25, 0.3) is 0 Å². The van der Waals surface area contributed by atoms with Crippen LogP contribution in [0.4, 0.5) is 0 Å². The van der Waals surface area contributed by atoms with Crippen LogP contribution in [0.2, 0.25) is 5.02 Å². The lowest BCUT2D eigenvalue weighted by Gasteiger charge is -1.97. The van der Waals surface area contributed by atoms with Crippen LogP contribution in [0.15, 0.2) is 6.20 Å². The lowest BCUT2D eigenvalue weighted by atomic mass is 10.4. The third-order valence-electron chi connectivity index (χ3n) is 1.04. The van der Waals surface area contributed by atoms with Gasteiger partial charge < -0.3 is 4.74 Å². The summed E-state index contributed by atoms with van der Waals surface area (Å²) in [5.74, 6) is 0. The Kier molecular flexibility index (Phi) is 2.38. The van der Waals surface area contributed by atoms with E-state index in [1.807, 2.05) is 0 Å². The molecule has 58 valence electrons. The van der Waals surface area contributed by atoms with Gasteiger partial charge in [-0.3, -0.25) is 4.79 Å². The summed E-state index contributed by atoms with van der Waals surface area (Å²) in [6.07, 6.45) is 1.86. The maximum absolute atomic E-state index is 10.3. The molecular formula is C6H5ClN2O2. The van der Waals surface area contributed by atoms with E-state index in [0.29, 0.717) is 6.29 Å². The predicted molar refractivity (Wildman–Crippen MR) is 39.0 cm³/mol. The van der Waals surface area contributed by atoms with Gasteiger partial charge in [0.25, 0.3) is 0 Å². The zero-order valence-corrected chi connectivity index (χ0v) is 6.50. The summed E-state index contributed by atoms with van der Waals surface area (Å²) in [6, 6.07) is 0.136. The molecule has 0 saturated heterocycles. The average Bonchev–Trinajstić information content (AvgIpc) is 2.05. The van der Waals surface area contributed by atoms with Gasteiger partial charge in [0.2, 0.25) is 0 Å². The van der Waals surface area contributed by atoms with Crippen molar-refractivity contribution >= 4 is 17.9 Å². The molecule has 0 spiro atoms. The van der Waals surface area contributed by atoms with E-state index in [4.69, 9.17) is 11.6 Å². The second-order valence-corrected chi connectivity index (χ2v) is 2.11. The number of halogens is 1. The molecule has 1 heterocycles. The van der Waals surface area contributed by atoms with Crippen LogP contribution in [-0.2, 0) is 0 Å². The number of nitrogens with zero attached hydrogens (tertiary/aromatic N) is 2. The molecule has 0 amide bonds. The van der Waals surface area contributed by atoms with Gasteiger partial charge in [0.1, 0.15) is 5.69 Å². The van der Waals surface area contributed by atoms with E-state index in [1.54, 1.807) is 0 Å². The highest BCUT2D eigenvalue weighted by atomic mass is 35.5. The standard InChI is InChI=1S/C6H5ClN2O2/c1-11-6-8-2-4(7)5(3-10)9-6/h2-3H,1H3. The Morgan fingerprint density at radius 2 is 2.45 bits per heavy atom. The van der Waals surface area contributed by atoms with E-state index in [1.165, 1.54) is 13.3 Å². The Morgan fingerprint density at radius 3 is 3.00 bits per heavy atom. The lowest BCUT2D eigenvalue weighted by Crippen LogP contribution is -1.95. The molecule has 0 N–H and O–H groups in total. The zero-order valence-electron chi connectivity index (χ0n) is 5.74. The molecular weight excluding hydrogens is 168 g/mol. The van der Waals surface area contributed by atoms with Crippen molar-refractivity contribution in [2.24, 2.45) is 0 Å². The highest BCUT2D eigenvalue weighted by molar-refractivity contribution is 6.32. The molecule has 5 heteroatoms. The molecule has 0 aromatic carbocycles. The first-order valence-corrected chi connectivity index (χ1v) is 3.17. The number of methoxy groups -OCH3 is 1. The maximum atomic E-state index is 10.3. The third-order valence-corrected chi connectivity index (χ3v) is 1.33.